The number of allylic oxidation sites excluding steroid dienone is 3. The quantitative estimate of drug-likeness (QED) is 0.286. The third-order valence-corrected chi connectivity index (χ3v) is 12.7. The highest BCUT2D eigenvalue weighted by molar-refractivity contribution is 5.66. The topological polar surface area (TPSA) is 26.3 Å². The summed E-state index contributed by atoms with van der Waals surface area (Å²) in [6.07, 6.45) is 17.6. The van der Waals surface area contributed by atoms with Crippen molar-refractivity contribution in [3.05, 3.63) is 23.8 Å². The molecule has 0 amide bonds. The van der Waals surface area contributed by atoms with Crippen molar-refractivity contribution in [3.63, 3.8) is 0 Å². The average Bonchev–Trinajstić information content (AvgIpc) is 2.72. The summed E-state index contributed by atoms with van der Waals surface area (Å²) < 4.78 is 6.10. The van der Waals surface area contributed by atoms with Gasteiger partial charge in [0.15, 0.2) is 0 Å². The van der Waals surface area contributed by atoms with Crippen LogP contribution >= 0.6 is 0 Å². The van der Waals surface area contributed by atoms with Gasteiger partial charge in [-0.1, -0.05) is 73.1 Å². The summed E-state index contributed by atoms with van der Waals surface area (Å²) in [4.78, 5) is 12.2. The van der Waals surface area contributed by atoms with Crippen molar-refractivity contribution in [3.8, 4) is 0 Å². The van der Waals surface area contributed by atoms with Crippen LogP contribution in [0.15, 0.2) is 23.8 Å². The fourth-order valence-corrected chi connectivity index (χ4v) is 10.4. The molecule has 0 N–H and O–H groups in total. The van der Waals surface area contributed by atoms with Crippen LogP contribution in [0, 0.1) is 50.2 Å². The maximum absolute atomic E-state index is 12.2. The fraction of sp³-hybridized carbons (Fsp3) is 0.844. The van der Waals surface area contributed by atoms with Crippen LogP contribution < -0.4 is 0 Å². The van der Waals surface area contributed by atoms with Crippen LogP contribution in [0.5, 0.6) is 0 Å². The Morgan fingerprint density at radius 1 is 0.912 bits per heavy atom. The van der Waals surface area contributed by atoms with Gasteiger partial charge in [-0.3, -0.25) is 4.79 Å². The summed E-state index contributed by atoms with van der Waals surface area (Å²) in [7, 11) is 0. The summed E-state index contributed by atoms with van der Waals surface area (Å²) in [6.45, 7) is 21.8. The first kappa shape index (κ1) is 24.6. The van der Waals surface area contributed by atoms with E-state index in [4.69, 9.17) is 4.74 Å². The molecule has 2 nitrogen and oxygen atoms in total. The van der Waals surface area contributed by atoms with Crippen LogP contribution in [0.4, 0.5) is 0 Å². The first-order chi connectivity index (χ1) is 15.6. The predicted octanol–water partition coefficient (Wildman–Crippen LogP) is 8.52. The minimum absolute atomic E-state index is 0.0332. The molecule has 0 bridgehead atoms. The number of rotatable bonds is 1. The Balaban J connectivity index is 1.62. The van der Waals surface area contributed by atoms with Crippen molar-refractivity contribution < 1.29 is 9.53 Å². The Morgan fingerprint density at radius 3 is 2.26 bits per heavy atom. The molecule has 0 aromatic carbocycles. The molecule has 0 radical (unpaired) electrons. The van der Waals surface area contributed by atoms with Crippen molar-refractivity contribution in [2.75, 3.05) is 0 Å². The van der Waals surface area contributed by atoms with E-state index in [1.54, 1.807) is 6.92 Å². The van der Waals surface area contributed by atoms with Crippen molar-refractivity contribution in [2.45, 2.75) is 120 Å². The molecule has 0 aromatic rings. The van der Waals surface area contributed by atoms with Gasteiger partial charge >= 0.3 is 5.97 Å². The van der Waals surface area contributed by atoms with E-state index in [9.17, 15) is 4.79 Å². The Labute approximate surface area is 209 Å². The first-order valence-corrected chi connectivity index (χ1v) is 14.2. The molecule has 34 heavy (non-hydrogen) atoms. The molecule has 5 aliphatic rings. The van der Waals surface area contributed by atoms with E-state index in [0.29, 0.717) is 22.7 Å². The van der Waals surface area contributed by atoms with Crippen LogP contribution in [-0.2, 0) is 9.53 Å². The molecule has 5 aliphatic carbocycles. The van der Waals surface area contributed by atoms with Gasteiger partial charge in [0.25, 0.3) is 0 Å². The second-order valence-electron chi connectivity index (χ2n) is 15.4. The van der Waals surface area contributed by atoms with Gasteiger partial charge in [-0.15, -0.1) is 0 Å². The zero-order valence-electron chi connectivity index (χ0n) is 23.5. The molecule has 0 saturated heterocycles. The number of carbonyl (C=O) groups is 1. The van der Waals surface area contributed by atoms with Gasteiger partial charge in [0.1, 0.15) is 6.10 Å². The summed E-state index contributed by atoms with van der Waals surface area (Å²) >= 11 is 0. The van der Waals surface area contributed by atoms with Gasteiger partial charge in [0.2, 0.25) is 0 Å². The van der Waals surface area contributed by atoms with Crippen LogP contribution in [0.3, 0.4) is 0 Å². The Morgan fingerprint density at radius 2 is 1.59 bits per heavy atom. The maximum Gasteiger partial charge on any atom is 0.303 e. The van der Waals surface area contributed by atoms with Crippen LogP contribution in [0.2, 0.25) is 0 Å². The summed E-state index contributed by atoms with van der Waals surface area (Å²) in [5, 5.41) is 0. The normalized spacial score (nSPS) is 50.7. The van der Waals surface area contributed by atoms with E-state index in [1.165, 1.54) is 44.9 Å². The average molecular weight is 467 g/mol. The van der Waals surface area contributed by atoms with Crippen LogP contribution in [0.25, 0.3) is 0 Å². The second kappa shape index (κ2) is 7.25. The van der Waals surface area contributed by atoms with E-state index >= 15 is 0 Å². The molecule has 3 saturated carbocycles. The van der Waals surface area contributed by atoms with E-state index in [2.05, 4.69) is 73.6 Å². The molecule has 8 atom stereocenters. The molecular formula is C32H50O2. The molecule has 4 unspecified atom stereocenters. The van der Waals surface area contributed by atoms with Gasteiger partial charge < -0.3 is 4.74 Å². The fourth-order valence-electron chi connectivity index (χ4n) is 10.4. The molecule has 3 fully saturated rings. The first-order valence-electron chi connectivity index (χ1n) is 14.2. The number of esters is 1. The third-order valence-electron chi connectivity index (χ3n) is 12.7. The number of hydrogen-bond donors (Lipinski definition) is 0. The van der Waals surface area contributed by atoms with Crippen molar-refractivity contribution >= 4 is 5.97 Å². The standard InChI is InChI=1S/C32H50O2/c1-21(33)34-26-13-14-28(4,5)24-12-15-31(8)25(32(24,26)9)11-10-22-23-20-27(2,3)16-17-29(23,6)18-19-30(22,31)7/h10,13-14,23-26H,11-12,15-20H2,1-9H3/t23?,24?,25?,26?,29-,30+,31-,32+/m1/s1. The lowest BCUT2D eigenvalue weighted by atomic mass is 9.34. The van der Waals surface area contributed by atoms with E-state index in [1.807, 2.05) is 5.57 Å². The predicted molar refractivity (Wildman–Crippen MR) is 140 cm³/mol. The smallest absolute Gasteiger partial charge is 0.303 e. The minimum Gasteiger partial charge on any atom is -0.458 e. The van der Waals surface area contributed by atoms with Crippen LogP contribution in [-0.4, -0.2) is 12.1 Å². The molecule has 0 aliphatic heterocycles. The summed E-state index contributed by atoms with van der Waals surface area (Å²) in [6, 6.07) is 0. The highest BCUT2D eigenvalue weighted by Gasteiger charge is 2.68. The monoisotopic (exact) mass is 466 g/mol. The van der Waals surface area contributed by atoms with Crippen molar-refractivity contribution in [2.24, 2.45) is 50.2 Å². The minimum atomic E-state index is -0.141. The molecule has 0 spiro atoms. The zero-order chi connectivity index (χ0) is 24.9. The highest BCUT2D eigenvalue weighted by atomic mass is 16.5. The molecular weight excluding hydrogens is 416 g/mol. The lowest BCUT2D eigenvalue weighted by Crippen LogP contribution is -2.65. The summed E-state index contributed by atoms with van der Waals surface area (Å²) in [5.41, 5.74) is 3.32. The number of hydrogen-bond acceptors (Lipinski definition) is 2. The molecule has 2 heteroatoms. The number of ether oxygens (including phenoxy) is 1. The van der Waals surface area contributed by atoms with Gasteiger partial charge in [-0.2, -0.15) is 0 Å². The van der Waals surface area contributed by atoms with Gasteiger partial charge in [-0.25, -0.2) is 0 Å². The van der Waals surface area contributed by atoms with E-state index in [-0.39, 0.29) is 33.7 Å². The lowest BCUT2D eigenvalue weighted by Gasteiger charge is -2.71. The molecule has 5 rings (SSSR count). The maximum atomic E-state index is 12.2. The SMILES string of the molecule is CC(=O)OC1C=CC(C)(C)C2CC[C@]3(C)C(CC=C4C5CC(C)(C)CC[C@]5(C)CC[C@@]43C)[C@@]12C. The number of fused-ring (bicyclic) bond motifs is 7. The summed E-state index contributed by atoms with van der Waals surface area (Å²) in [5.74, 6) is 1.65. The van der Waals surface area contributed by atoms with Crippen molar-refractivity contribution in [1.29, 1.82) is 0 Å². The Hall–Kier alpha value is -1.05. The zero-order valence-corrected chi connectivity index (χ0v) is 23.5. The third kappa shape index (κ3) is 3.15. The van der Waals surface area contributed by atoms with E-state index < -0.39 is 0 Å². The Kier molecular flexibility index (Phi) is 5.26. The lowest BCUT2D eigenvalue weighted by molar-refractivity contribution is -0.202. The Bertz CT molecular complexity index is 939. The van der Waals surface area contributed by atoms with Gasteiger partial charge in [-0.05, 0) is 102 Å². The van der Waals surface area contributed by atoms with Crippen molar-refractivity contribution in [1.82, 2.24) is 0 Å². The molecule has 0 heterocycles. The number of carbonyl (C=O) groups excluding carboxylic acids is 1. The molecule has 0 aromatic heterocycles. The molecule has 190 valence electrons. The highest BCUT2D eigenvalue weighted by Crippen LogP contribution is 2.75. The second-order valence-corrected chi connectivity index (χ2v) is 15.4. The van der Waals surface area contributed by atoms with Gasteiger partial charge in [0.05, 0.1) is 0 Å². The largest absolute Gasteiger partial charge is 0.458 e. The van der Waals surface area contributed by atoms with Crippen LogP contribution in [0.1, 0.15) is 114 Å². The van der Waals surface area contributed by atoms with E-state index in [0.717, 1.165) is 12.3 Å². The van der Waals surface area contributed by atoms with Gasteiger partial charge in [0, 0.05) is 12.3 Å².